The Morgan fingerprint density at radius 1 is 1.19 bits per heavy atom. The average Bonchev–Trinajstić information content (AvgIpc) is 3.21. The Kier molecular flexibility index (Phi) is 6.19. The van der Waals surface area contributed by atoms with E-state index in [1.54, 1.807) is 18.5 Å². The summed E-state index contributed by atoms with van der Waals surface area (Å²) < 4.78 is 5.27. The first-order valence-corrected chi connectivity index (χ1v) is 8.94. The number of amides is 1. The Morgan fingerprint density at radius 2 is 2.04 bits per heavy atom. The maximum Gasteiger partial charge on any atom is 0.252 e. The lowest BCUT2D eigenvalue weighted by Crippen LogP contribution is -2.29. The molecule has 2 aromatic rings. The van der Waals surface area contributed by atoms with Crippen LogP contribution in [-0.2, 0) is 0 Å². The third kappa shape index (κ3) is 4.81. The minimum atomic E-state index is -0.164. The van der Waals surface area contributed by atoms with Gasteiger partial charge in [0.05, 0.1) is 12.2 Å². The normalized spacial score (nSPS) is 13.5. The number of ether oxygens (including phenoxy) is 1. The highest BCUT2D eigenvalue weighted by atomic mass is 16.5. The fourth-order valence-electron chi connectivity index (χ4n) is 2.78. The molecule has 8 nitrogen and oxygen atoms in total. The monoisotopic (exact) mass is 356 g/mol. The highest BCUT2D eigenvalue weighted by Gasteiger charge is 2.14. The van der Waals surface area contributed by atoms with E-state index in [1.807, 2.05) is 13.0 Å². The van der Waals surface area contributed by atoms with Crippen molar-refractivity contribution >= 4 is 17.5 Å². The molecule has 0 atom stereocenters. The molecule has 1 amide bonds. The Balaban J connectivity index is 1.43. The van der Waals surface area contributed by atoms with Crippen molar-refractivity contribution in [3.63, 3.8) is 0 Å². The van der Waals surface area contributed by atoms with Gasteiger partial charge in [-0.15, -0.1) is 0 Å². The molecule has 3 rings (SSSR count). The second-order valence-electron chi connectivity index (χ2n) is 5.96. The van der Waals surface area contributed by atoms with Crippen LogP contribution in [0, 0.1) is 0 Å². The van der Waals surface area contributed by atoms with E-state index in [0.717, 1.165) is 24.7 Å². The van der Waals surface area contributed by atoms with Gasteiger partial charge in [0.25, 0.3) is 5.91 Å². The van der Waals surface area contributed by atoms with Gasteiger partial charge in [-0.3, -0.25) is 4.79 Å². The van der Waals surface area contributed by atoms with Crippen LogP contribution in [0.3, 0.4) is 0 Å². The van der Waals surface area contributed by atoms with E-state index < -0.39 is 0 Å². The molecule has 3 heterocycles. The summed E-state index contributed by atoms with van der Waals surface area (Å²) in [4.78, 5) is 27.0. The Bertz CT molecular complexity index is 716. The first kappa shape index (κ1) is 17.9. The van der Waals surface area contributed by atoms with E-state index >= 15 is 0 Å². The fourth-order valence-corrected chi connectivity index (χ4v) is 2.78. The smallest absolute Gasteiger partial charge is 0.252 e. The summed E-state index contributed by atoms with van der Waals surface area (Å²) in [7, 11) is 0. The van der Waals surface area contributed by atoms with Gasteiger partial charge in [0.15, 0.2) is 0 Å². The molecular formula is C18H24N6O2. The highest BCUT2D eigenvalue weighted by Crippen LogP contribution is 2.19. The second kappa shape index (κ2) is 8.98. The second-order valence-corrected chi connectivity index (χ2v) is 5.96. The van der Waals surface area contributed by atoms with Crippen molar-refractivity contribution in [2.75, 3.05) is 43.0 Å². The van der Waals surface area contributed by atoms with Crippen LogP contribution in [0.1, 0.15) is 30.1 Å². The van der Waals surface area contributed by atoms with Gasteiger partial charge in [-0.1, -0.05) is 0 Å². The quantitative estimate of drug-likeness (QED) is 0.696. The lowest BCUT2D eigenvalue weighted by atomic mass is 10.2. The number of aromatic nitrogens is 3. The number of anilines is 2. The number of nitrogens with one attached hydrogen (secondary N) is 2. The average molecular weight is 356 g/mol. The number of rotatable bonds is 8. The van der Waals surface area contributed by atoms with E-state index in [0.29, 0.717) is 31.1 Å². The summed E-state index contributed by atoms with van der Waals surface area (Å²) >= 11 is 0. The van der Waals surface area contributed by atoms with Gasteiger partial charge in [0.1, 0.15) is 18.0 Å². The predicted octanol–water partition coefficient (Wildman–Crippen LogP) is 1.71. The summed E-state index contributed by atoms with van der Waals surface area (Å²) in [5, 5.41) is 6.07. The van der Waals surface area contributed by atoms with Crippen LogP contribution in [0.5, 0.6) is 5.88 Å². The van der Waals surface area contributed by atoms with Crippen molar-refractivity contribution in [3.8, 4) is 5.88 Å². The number of pyridine rings is 1. The number of hydrogen-bond acceptors (Lipinski definition) is 7. The largest absolute Gasteiger partial charge is 0.478 e. The van der Waals surface area contributed by atoms with Gasteiger partial charge in [-0.05, 0) is 25.8 Å². The zero-order chi connectivity index (χ0) is 18.2. The summed E-state index contributed by atoms with van der Waals surface area (Å²) in [5.74, 6) is 2.06. The molecule has 0 spiro atoms. The number of hydrogen-bond donors (Lipinski definition) is 2. The molecule has 1 fully saturated rings. The summed E-state index contributed by atoms with van der Waals surface area (Å²) in [6.45, 7) is 5.58. The molecule has 8 heteroatoms. The molecule has 0 unspecified atom stereocenters. The molecule has 1 saturated heterocycles. The molecule has 26 heavy (non-hydrogen) atoms. The molecule has 0 aromatic carbocycles. The Hall–Kier alpha value is -2.90. The minimum absolute atomic E-state index is 0.164. The van der Waals surface area contributed by atoms with Crippen molar-refractivity contribution in [1.82, 2.24) is 20.3 Å². The maximum atomic E-state index is 12.1. The van der Waals surface area contributed by atoms with Crippen LogP contribution in [0.25, 0.3) is 0 Å². The van der Waals surface area contributed by atoms with Crippen molar-refractivity contribution in [2.24, 2.45) is 0 Å². The summed E-state index contributed by atoms with van der Waals surface area (Å²) in [6, 6.07) is 5.34. The lowest BCUT2D eigenvalue weighted by molar-refractivity contribution is 0.0954. The van der Waals surface area contributed by atoms with E-state index in [2.05, 4.69) is 30.5 Å². The van der Waals surface area contributed by atoms with Crippen LogP contribution in [0.15, 0.2) is 30.7 Å². The van der Waals surface area contributed by atoms with Crippen molar-refractivity contribution < 1.29 is 9.53 Å². The Labute approximate surface area is 153 Å². The zero-order valence-electron chi connectivity index (χ0n) is 14.9. The molecule has 1 aliphatic heterocycles. The van der Waals surface area contributed by atoms with E-state index in [-0.39, 0.29) is 5.91 Å². The standard InChI is InChI=1S/C18H24N6O2/c1-2-26-17-6-5-14(12-21-17)18(25)20-8-7-19-15-11-16(23-13-22-15)24-9-3-4-10-24/h5-6,11-13H,2-4,7-10H2,1H3,(H,20,25)(H,19,22,23). The molecule has 2 N–H and O–H groups in total. The van der Waals surface area contributed by atoms with Crippen LogP contribution in [0.2, 0.25) is 0 Å². The lowest BCUT2D eigenvalue weighted by Gasteiger charge is -2.16. The van der Waals surface area contributed by atoms with Crippen LogP contribution < -0.4 is 20.3 Å². The maximum absolute atomic E-state index is 12.1. The molecular weight excluding hydrogens is 332 g/mol. The Morgan fingerprint density at radius 3 is 2.77 bits per heavy atom. The van der Waals surface area contributed by atoms with Crippen molar-refractivity contribution in [2.45, 2.75) is 19.8 Å². The number of carbonyl (C=O) groups is 1. The van der Waals surface area contributed by atoms with Gasteiger partial charge >= 0.3 is 0 Å². The topological polar surface area (TPSA) is 92.3 Å². The highest BCUT2D eigenvalue weighted by molar-refractivity contribution is 5.93. The summed E-state index contributed by atoms with van der Waals surface area (Å²) in [6.07, 6.45) is 5.50. The van der Waals surface area contributed by atoms with Crippen molar-refractivity contribution in [3.05, 3.63) is 36.3 Å². The fraction of sp³-hybridized carbons (Fsp3) is 0.444. The van der Waals surface area contributed by atoms with E-state index in [9.17, 15) is 4.79 Å². The third-order valence-electron chi connectivity index (χ3n) is 4.09. The first-order chi connectivity index (χ1) is 12.8. The van der Waals surface area contributed by atoms with Gasteiger partial charge in [0.2, 0.25) is 5.88 Å². The molecule has 2 aromatic heterocycles. The van der Waals surface area contributed by atoms with Crippen molar-refractivity contribution in [1.29, 1.82) is 0 Å². The van der Waals surface area contributed by atoms with E-state index in [4.69, 9.17) is 4.74 Å². The zero-order valence-corrected chi connectivity index (χ0v) is 14.9. The minimum Gasteiger partial charge on any atom is -0.478 e. The van der Waals surface area contributed by atoms with Crippen LogP contribution in [-0.4, -0.2) is 53.6 Å². The third-order valence-corrected chi connectivity index (χ3v) is 4.09. The SMILES string of the molecule is CCOc1ccc(C(=O)NCCNc2cc(N3CCCC3)ncn2)cn1. The molecule has 0 radical (unpaired) electrons. The van der Waals surface area contributed by atoms with Gasteiger partial charge in [0, 0.05) is 44.5 Å². The molecule has 138 valence electrons. The summed E-state index contributed by atoms with van der Waals surface area (Å²) in [5.41, 5.74) is 0.506. The molecule has 0 aliphatic carbocycles. The van der Waals surface area contributed by atoms with Gasteiger partial charge in [-0.25, -0.2) is 15.0 Å². The first-order valence-electron chi connectivity index (χ1n) is 8.94. The van der Waals surface area contributed by atoms with E-state index in [1.165, 1.54) is 19.0 Å². The van der Waals surface area contributed by atoms with Crippen LogP contribution >= 0.6 is 0 Å². The molecule has 0 bridgehead atoms. The molecule has 1 aliphatic rings. The molecule has 0 saturated carbocycles. The number of nitrogens with zero attached hydrogens (tertiary/aromatic N) is 4. The van der Waals surface area contributed by atoms with Gasteiger partial charge < -0.3 is 20.3 Å². The number of carbonyl (C=O) groups excluding carboxylic acids is 1. The van der Waals surface area contributed by atoms with Gasteiger partial charge in [-0.2, -0.15) is 0 Å². The van der Waals surface area contributed by atoms with Crippen LogP contribution in [0.4, 0.5) is 11.6 Å². The predicted molar refractivity (Wildman–Crippen MR) is 99.7 cm³/mol.